The molecule has 0 unspecified atom stereocenters. The van der Waals surface area contributed by atoms with Gasteiger partial charge in [0.15, 0.2) is 0 Å². The lowest BCUT2D eigenvalue weighted by Gasteiger charge is -2.38. The van der Waals surface area contributed by atoms with Crippen LogP contribution in [0.4, 0.5) is 0 Å². The maximum Gasteiger partial charge on any atom is 0.240 e. The van der Waals surface area contributed by atoms with Crippen molar-refractivity contribution in [2.75, 3.05) is 26.3 Å². The van der Waals surface area contributed by atoms with Crippen LogP contribution in [0.3, 0.4) is 0 Å². The minimum Gasteiger partial charge on any atom is -0.379 e. The lowest BCUT2D eigenvalue weighted by molar-refractivity contribution is 0.0105. The van der Waals surface area contributed by atoms with Crippen molar-refractivity contribution >= 4 is 26.0 Å². The molecule has 3 rings (SSSR count). The number of halogens is 1. The van der Waals surface area contributed by atoms with E-state index < -0.39 is 10.0 Å². The molecule has 1 N–H and O–H groups in total. The van der Waals surface area contributed by atoms with Gasteiger partial charge in [0.05, 0.1) is 24.2 Å². The second-order valence-electron chi connectivity index (χ2n) is 6.82. The van der Waals surface area contributed by atoms with Gasteiger partial charge in [0.1, 0.15) is 0 Å². The van der Waals surface area contributed by atoms with Crippen LogP contribution in [0, 0.1) is 6.92 Å². The molecule has 0 aliphatic carbocycles. The minimum atomic E-state index is -3.62. The summed E-state index contributed by atoms with van der Waals surface area (Å²) in [6.45, 7) is 6.69. The first-order chi connectivity index (χ1) is 12.9. The normalized spacial score (nSPS) is 18.2. The number of nitrogens with one attached hydrogen (secondary N) is 1. The highest BCUT2D eigenvalue weighted by Crippen LogP contribution is 2.27. The van der Waals surface area contributed by atoms with Crippen molar-refractivity contribution in [1.29, 1.82) is 0 Å². The number of rotatable bonds is 6. The number of hydrogen-bond donors (Lipinski definition) is 1. The zero-order chi connectivity index (χ0) is 19.4. The van der Waals surface area contributed by atoms with Gasteiger partial charge in [-0.3, -0.25) is 4.90 Å². The van der Waals surface area contributed by atoms with Crippen LogP contribution in [-0.4, -0.2) is 45.7 Å². The average molecular weight is 453 g/mol. The Morgan fingerprint density at radius 3 is 2.41 bits per heavy atom. The lowest BCUT2D eigenvalue weighted by atomic mass is 9.99. The molecular formula is C20H25BrN2O3S. The van der Waals surface area contributed by atoms with Crippen LogP contribution in [0.25, 0.3) is 0 Å². The van der Waals surface area contributed by atoms with Crippen molar-refractivity contribution in [3.63, 3.8) is 0 Å². The Morgan fingerprint density at radius 2 is 1.78 bits per heavy atom. The summed E-state index contributed by atoms with van der Waals surface area (Å²) in [7, 11) is -3.62. The highest BCUT2D eigenvalue weighted by atomic mass is 79.9. The van der Waals surface area contributed by atoms with Gasteiger partial charge in [0.25, 0.3) is 0 Å². The van der Waals surface area contributed by atoms with E-state index in [0.717, 1.165) is 28.7 Å². The second kappa shape index (κ2) is 8.84. The van der Waals surface area contributed by atoms with Gasteiger partial charge >= 0.3 is 0 Å². The Balaban J connectivity index is 1.87. The molecule has 7 heteroatoms. The SMILES string of the molecule is Cc1cc(S(=O)(=O)N[C@H](C)[C@H](c2ccccc2)N2CCOCC2)ccc1Br. The van der Waals surface area contributed by atoms with E-state index in [1.54, 1.807) is 18.2 Å². The number of sulfonamides is 1. The molecular weight excluding hydrogens is 428 g/mol. The van der Waals surface area contributed by atoms with Gasteiger partial charge in [-0.05, 0) is 43.2 Å². The van der Waals surface area contributed by atoms with Crippen molar-refractivity contribution in [3.05, 3.63) is 64.1 Å². The molecule has 2 aromatic carbocycles. The summed E-state index contributed by atoms with van der Waals surface area (Å²) in [5.74, 6) is 0. The van der Waals surface area contributed by atoms with E-state index in [1.165, 1.54) is 0 Å². The first-order valence-corrected chi connectivity index (χ1v) is 11.3. The number of morpholine rings is 1. The molecule has 0 spiro atoms. The maximum atomic E-state index is 13.0. The predicted molar refractivity (Wildman–Crippen MR) is 110 cm³/mol. The molecule has 2 atom stereocenters. The summed E-state index contributed by atoms with van der Waals surface area (Å²) in [6.07, 6.45) is 0. The molecule has 1 heterocycles. The van der Waals surface area contributed by atoms with E-state index in [1.807, 2.05) is 32.0 Å². The van der Waals surface area contributed by atoms with Crippen LogP contribution in [0.1, 0.15) is 24.1 Å². The van der Waals surface area contributed by atoms with Gasteiger partial charge in [0, 0.05) is 23.6 Å². The van der Waals surface area contributed by atoms with Crippen molar-refractivity contribution in [2.24, 2.45) is 0 Å². The zero-order valence-corrected chi connectivity index (χ0v) is 18.0. The lowest BCUT2D eigenvalue weighted by Crippen LogP contribution is -2.48. The predicted octanol–water partition coefficient (Wildman–Crippen LogP) is 3.50. The van der Waals surface area contributed by atoms with E-state index >= 15 is 0 Å². The third-order valence-electron chi connectivity index (χ3n) is 4.83. The fraction of sp³-hybridized carbons (Fsp3) is 0.400. The number of nitrogens with zero attached hydrogens (tertiary/aromatic N) is 1. The Kier molecular flexibility index (Phi) is 6.70. The molecule has 0 bridgehead atoms. The Labute approximate surface area is 169 Å². The van der Waals surface area contributed by atoms with Gasteiger partial charge in [-0.25, -0.2) is 13.1 Å². The van der Waals surface area contributed by atoms with E-state index in [4.69, 9.17) is 4.74 Å². The van der Waals surface area contributed by atoms with Gasteiger partial charge in [-0.15, -0.1) is 0 Å². The minimum absolute atomic E-state index is 0.0542. The molecule has 5 nitrogen and oxygen atoms in total. The van der Waals surface area contributed by atoms with E-state index in [9.17, 15) is 8.42 Å². The van der Waals surface area contributed by atoms with Crippen LogP contribution in [-0.2, 0) is 14.8 Å². The summed E-state index contributed by atoms with van der Waals surface area (Å²) in [4.78, 5) is 2.57. The summed E-state index contributed by atoms with van der Waals surface area (Å²) in [5, 5.41) is 0. The smallest absolute Gasteiger partial charge is 0.240 e. The average Bonchev–Trinajstić information content (AvgIpc) is 2.65. The maximum absolute atomic E-state index is 13.0. The second-order valence-corrected chi connectivity index (χ2v) is 9.39. The first-order valence-electron chi connectivity index (χ1n) is 9.04. The van der Waals surface area contributed by atoms with Crippen molar-refractivity contribution in [3.8, 4) is 0 Å². The third kappa shape index (κ3) is 4.97. The molecule has 0 amide bonds. The first kappa shape index (κ1) is 20.5. The van der Waals surface area contributed by atoms with E-state index in [0.29, 0.717) is 13.2 Å². The van der Waals surface area contributed by atoms with E-state index in [-0.39, 0.29) is 17.0 Å². The zero-order valence-electron chi connectivity index (χ0n) is 15.6. The van der Waals surface area contributed by atoms with Crippen LogP contribution in [0.2, 0.25) is 0 Å². The van der Waals surface area contributed by atoms with Gasteiger partial charge in [-0.1, -0.05) is 46.3 Å². The monoisotopic (exact) mass is 452 g/mol. The van der Waals surface area contributed by atoms with Gasteiger partial charge in [-0.2, -0.15) is 0 Å². The topological polar surface area (TPSA) is 58.6 Å². The standard InChI is InChI=1S/C20H25BrN2O3S/c1-15-14-18(8-9-19(15)21)27(24,25)22-16(2)20(17-6-4-3-5-7-17)23-10-12-26-13-11-23/h3-9,14,16,20,22H,10-13H2,1-2H3/t16-,20-/m1/s1. The molecule has 0 aromatic heterocycles. The van der Waals surface area contributed by atoms with E-state index in [2.05, 4.69) is 37.7 Å². The highest BCUT2D eigenvalue weighted by molar-refractivity contribution is 9.10. The summed E-state index contributed by atoms with van der Waals surface area (Å²) < 4.78 is 35.2. The molecule has 1 aliphatic heterocycles. The number of benzene rings is 2. The van der Waals surface area contributed by atoms with Crippen molar-refractivity contribution < 1.29 is 13.2 Å². The quantitative estimate of drug-likeness (QED) is 0.728. The molecule has 0 saturated carbocycles. The Morgan fingerprint density at radius 1 is 1.11 bits per heavy atom. The molecule has 2 aromatic rings. The van der Waals surface area contributed by atoms with Crippen LogP contribution in [0.15, 0.2) is 57.9 Å². The Bertz CT molecular complexity index is 868. The molecule has 1 saturated heterocycles. The van der Waals surface area contributed by atoms with Gasteiger partial charge in [0.2, 0.25) is 10.0 Å². The highest BCUT2D eigenvalue weighted by Gasteiger charge is 2.30. The summed E-state index contributed by atoms with van der Waals surface area (Å²) >= 11 is 3.42. The molecule has 1 aliphatic rings. The van der Waals surface area contributed by atoms with Gasteiger partial charge < -0.3 is 4.74 Å². The molecule has 27 heavy (non-hydrogen) atoms. The summed E-state index contributed by atoms with van der Waals surface area (Å²) in [6, 6.07) is 14.8. The third-order valence-corrected chi connectivity index (χ3v) is 7.28. The van der Waals surface area contributed by atoms with Crippen molar-refractivity contribution in [2.45, 2.75) is 30.8 Å². The Hall–Kier alpha value is -1.25. The largest absolute Gasteiger partial charge is 0.379 e. The number of hydrogen-bond acceptors (Lipinski definition) is 4. The summed E-state index contributed by atoms with van der Waals surface area (Å²) in [5.41, 5.74) is 1.99. The molecule has 146 valence electrons. The van der Waals surface area contributed by atoms with Crippen LogP contribution >= 0.6 is 15.9 Å². The number of aryl methyl sites for hydroxylation is 1. The van der Waals surface area contributed by atoms with Crippen molar-refractivity contribution in [1.82, 2.24) is 9.62 Å². The van der Waals surface area contributed by atoms with Crippen LogP contribution < -0.4 is 4.72 Å². The van der Waals surface area contributed by atoms with Crippen LogP contribution in [0.5, 0.6) is 0 Å². The fourth-order valence-electron chi connectivity index (χ4n) is 3.48. The fourth-order valence-corrected chi connectivity index (χ4v) is 5.06. The molecule has 0 radical (unpaired) electrons. The number of ether oxygens (including phenoxy) is 1. The molecule has 1 fully saturated rings.